The first-order valence-electron chi connectivity index (χ1n) is 6.58. The van der Waals surface area contributed by atoms with Crippen molar-refractivity contribution in [2.24, 2.45) is 10.9 Å². The predicted octanol–water partition coefficient (Wildman–Crippen LogP) is 2.24. The van der Waals surface area contributed by atoms with Crippen LogP contribution >= 0.6 is 0 Å². The molecule has 3 N–H and O–H groups in total. The summed E-state index contributed by atoms with van der Waals surface area (Å²) >= 11 is 0. The lowest BCUT2D eigenvalue weighted by Crippen LogP contribution is -2.47. The van der Waals surface area contributed by atoms with Crippen LogP contribution in [0.4, 0.5) is 4.39 Å². The normalized spacial score (nSPS) is 21.6. The second kappa shape index (κ2) is 6.02. The minimum absolute atomic E-state index is 0.0542. The van der Waals surface area contributed by atoms with Crippen LogP contribution < -0.4 is 5.73 Å². The molecule has 1 fully saturated rings. The Morgan fingerprint density at radius 2 is 2.32 bits per heavy atom. The average Bonchev–Trinajstić information content (AvgIpc) is 2.42. The van der Waals surface area contributed by atoms with Gasteiger partial charge in [0.05, 0.1) is 6.04 Å². The van der Waals surface area contributed by atoms with Gasteiger partial charge in [0, 0.05) is 6.54 Å². The molecule has 19 heavy (non-hydrogen) atoms. The van der Waals surface area contributed by atoms with Crippen LogP contribution in [0.25, 0.3) is 0 Å². The fourth-order valence-electron chi connectivity index (χ4n) is 2.61. The minimum Gasteiger partial charge on any atom is -0.409 e. The molecule has 0 aromatic heterocycles. The number of benzene rings is 1. The van der Waals surface area contributed by atoms with Gasteiger partial charge < -0.3 is 10.9 Å². The molecule has 1 aliphatic heterocycles. The van der Waals surface area contributed by atoms with Crippen LogP contribution in [0, 0.1) is 12.7 Å². The Bertz CT molecular complexity index is 476. The summed E-state index contributed by atoms with van der Waals surface area (Å²) in [5.41, 5.74) is 7.76. The van der Waals surface area contributed by atoms with Gasteiger partial charge in [0.25, 0.3) is 0 Å². The summed E-state index contributed by atoms with van der Waals surface area (Å²) in [4.78, 5) is 2.15. The predicted molar refractivity (Wildman–Crippen MR) is 72.6 cm³/mol. The molecule has 1 saturated heterocycles. The lowest BCUT2D eigenvalue weighted by Gasteiger charge is -2.35. The number of hydrogen-bond acceptors (Lipinski definition) is 3. The monoisotopic (exact) mass is 265 g/mol. The van der Waals surface area contributed by atoms with Crippen molar-refractivity contribution in [3.05, 3.63) is 35.1 Å². The Kier molecular flexibility index (Phi) is 4.37. The van der Waals surface area contributed by atoms with Gasteiger partial charge in [0.2, 0.25) is 0 Å². The van der Waals surface area contributed by atoms with Crippen molar-refractivity contribution in [3.63, 3.8) is 0 Å². The third kappa shape index (κ3) is 3.23. The zero-order chi connectivity index (χ0) is 13.8. The van der Waals surface area contributed by atoms with Gasteiger partial charge in [0.15, 0.2) is 5.84 Å². The van der Waals surface area contributed by atoms with E-state index in [0.717, 1.165) is 36.9 Å². The number of oxime groups is 1. The van der Waals surface area contributed by atoms with Crippen LogP contribution in [-0.4, -0.2) is 28.5 Å². The Labute approximate surface area is 112 Å². The number of piperidine rings is 1. The van der Waals surface area contributed by atoms with Crippen LogP contribution in [0.3, 0.4) is 0 Å². The molecule has 0 radical (unpaired) electrons. The summed E-state index contributed by atoms with van der Waals surface area (Å²) in [6.07, 6.45) is 3.04. The summed E-state index contributed by atoms with van der Waals surface area (Å²) < 4.78 is 13.3. The highest BCUT2D eigenvalue weighted by Crippen LogP contribution is 2.21. The van der Waals surface area contributed by atoms with Crippen molar-refractivity contribution in [1.29, 1.82) is 0 Å². The first-order chi connectivity index (χ1) is 9.11. The lowest BCUT2D eigenvalue weighted by atomic mass is 9.99. The quantitative estimate of drug-likeness (QED) is 0.381. The molecule has 104 valence electrons. The molecule has 1 aliphatic rings. The third-order valence-corrected chi connectivity index (χ3v) is 3.76. The molecule has 0 saturated carbocycles. The van der Waals surface area contributed by atoms with E-state index in [1.54, 1.807) is 12.1 Å². The van der Waals surface area contributed by atoms with Crippen molar-refractivity contribution in [3.8, 4) is 0 Å². The molecule has 4 nitrogen and oxygen atoms in total. The average molecular weight is 265 g/mol. The van der Waals surface area contributed by atoms with Gasteiger partial charge in [-0.05, 0) is 49.6 Å². The molecule has 0 amide bonds. The molecule has 1 unspecified atom stereocenters. The molecule has 1 atom stereocenters. The van der Waals surface area contributed by atoms with E-state index in [9.17, 15) is 4.39 Å². The molecule has 0 bridgehead atoms. The van der Waals surface area contributed by atoms with Gasteiger partial charge in [-0.2, -0.15) is 0 Å². The summed E-state index contributed by atoms with van der Waals surface area (Å²) in [5, 5.41) is 12.0. The van der Waals surface area contributed by atoms with Crippen LogP contribution in [0.5, 0.6) is 0 Å². The fraction of sp³-hybridized carbons (Fsp3) is 0.500. The zero-order valence-corrected chi connectivity index (χ0v) is 11.1. The zero-order valence-electron chi connectivity index (χ0n) is 11.1. The number of likely N-dealkylation sites (tertiary alicyclic amines) is 1. The topological polar surface area (TPSA) is 61.8 Å². The smallest absolute Gasteiger partial charge is 0.156 e. The molecule has 1 aromatic carbocycles. The van der Waals surface area contributed by atoms with Gasteiger partial charge in [-0.25, -0.2) is 4.39 Å². The maximum atomic E-state index is 13.3. The Morgan fingerprint density at radius 1 is 1.53 bits per heavy atom. The van der Waals surface area contributed by atoms with Crippen molar-refractivity contribution < 1.29 is 9.60 Å². The maximum absolute atomic E-state index is 13.3. The molecular formula is C14H20FN3O. The van der Waals surface area contributed by atoms with Crippen LogP contribution in [0.2, 0.25) is 0 Å². The lowest BCUT2D eigenvalue weighted by molar-refractivity contribution is 0.178. The van der Waals surface area contributed by atoms with E-state index in [4.69, 9.17) is 10.9 Å². The van der Waals surface area contributed by atoms with E-state index in [1.807, 2.05) is 6.92 Å². The minimum atomic E-state index is -0.224. The molecule has 0 spiro atoms. The largest absolute Gasteiger partial charge is 0.409 e. The van der Waals surface area contributed by atoms with E-state index >= 15 is 0 Å². The molecule has 1 aromatic rings. The summed E-state index contributed by atoms with van der Waals surface area (Å²) in [7, 11) is 0. The second-order valence-corrected chi connectivity index (χ2v) is 5.08. The fourth-order valence-corrected chi connectivity index (χ4v) is 2.61. The van der Waals surface area contributed by atoms with Crippen molar-refractivity contribution in [1.82, 2.24) is 4.90 Å². The van der Waals surface area contributed by atoms with Gasteiger partial charge in [-0.1, -0.05) is 17.6 Å². The van der Waals surface area contributed by atoms with E-state index in [1.165, 1.54) is 6.07 Å². The number of nitrogens with zero attached hydrogens (tertiary/aromatic N) is 2. The van der Waals surface area contributed by atoms with Gasteiger partial charge in [-0.15, -0.1) is 0 Å². The summed E-state index contributed by atoms with van der Waals surface area (Å²) in [6, 6.07) is 4.76. The molecular weight excluding hydrogens is 245 g/mol. The molecule has 0 aliphatic carbocycles. The molecule has 1 heterocycles. The van der Waals surface area contributed by atoms with E-state index in [2.05, 4.69) is 10.1 Å². The second-order valence-electron chi connectivity index (χ2n) is 5.08. The number of nitrogens with two attached hydrogens (primary N) is 1. The first kappa shape index (κ1) is 13.8. The van der Waals surface area contributed by atoms with Gasteiger partial charge >= 0.3 is 0 Å². The van der Waals surface area contributed by atoms with E-state index in [0.29, 0.717) is 6.54 Å². The summed E-state index contributed by atoms with van der Waals surface area (Å²) in [5.74, 6) is 0.0201. The highest BCUT2D eigenvalue weighted by molar-refractivity contribution is 5.85. The molecule has 5 heteroatoms. The first-order valence-corrected chi connectivity index (χ1v) is 6.58. The van der Waals surface area contributed by atoms with E-state index < -0.39 is 0 Å². The number of halogens is 1. The van der Waals surface area contributed by atoms with Crippen molar-refractivity contribution in [2.75, 3.05) is 6.54 Å². The van der Waals surface area contributed by atoms with Crippen molar-refractivity contribution >= 4 is 5.84 Å². The Hall–Kier alpha value is -1.62. The highest BCUT2D eigenvalue weighted by Gasteiger charge is 2.26. The van der Waals surface area contributed by atoms with Crippen molar-refractivity contribution in [2.45, 2.75) is 38.8 Å². The Balaban J connectivity index is 2.17. The van der Waals surface area contributed by atoms with Gasteiger partial charge in [-0.3, -0.25) is 4.90 Å². The number of amidine groups is 1. The third-order valence-electron chi connectivity index (χ3n) is 3.76. The SMILES string of the molecule is Cc1ccc(F)cc1CN1CCCCC1/C(N)=N/O. The Morgan fingerprint density at radius 3 is 3.05 bits per heavy atom. The molecule has 2 rings (SSSR count). The van der Waals surface area contributed by atoms with E-state index in [-0.39, 0.29) is 17.7 Å². The van der Waals surface area contributed by atoms with Gasteiger partial charge in [0.1, 0.15) is 5.82 Å². The number of hydrogen-bond donors (Lipinski definition) is 2. The van der Waals surface area contributed by atoms with Crippen LogP contribution in [-0.2, 0) is 6.54 Å². The standard InChI is InChI=1S/C14H20FN3O/c1-10-5-6-12(15)8-11(10)9-18-7-3-2-4-13(18)14(16)17-19/h5-6,8,13,19H,2-4,7,9H2,1H3,(H2,16,17). The maximum Gasteiger partial charge on any atom is 0.156 e. The number of rotatable bonds is 3. The summed E-state index contributed by atoms with van der Waals surface area (Å²) in [6.45, 7) is 3.48. The highest BCUT2D eigenvalue weighted by atomic mass is 19.1. The van der Waals surface area contributed by atoms with Crippen LogP contribution in [0.15, 0.2) is 23.4 Å². The van der Waals surface area contributed by atoms with Crippen LogP contribution in [0.1, 0.15) is 30.4 Å². The number of aryl methyl sites for hydroxylation is 1.